The Balaban J connectivity index is 1.81. The van der Waals surface area contributed by atoms with Gasteiger partial charge in [-0.2, -0.15) is 4.31 Å². The largest absolute Gasteiger partial charge is 0.303 e. The van der Waals surface area contributed by atoms with Crippen LogP contribution in [0.2, 0.25) is 0 Å². The Morgan fingerprint density at radius 1 is 0.818 bits per heavy atom. The van der Waals surface area contributed by atoms with Crippen molar-refractivity contribution < 1.29 is 16.8 Å². The average Bonchev–Trinajstić information content (AvgIpc) is 2.85. The number of sulfonamides is 1. The number of aryl methyl sites for hydroxylation is 1. The summed E-state index contributed by atoms with van der Waals surface area (Å²) < 4.78 is 54.8. The van der Waals surface area contributed by atoms with Crippen molar-refractivity contribution in [2.24, 2.45) is 0 Å². The van der Waals surface area contributed by atoms with E-state index >= 15 is 0 Å². The van der Waals surface area contributed by atoms with Gasteiger partial charge in [0.2, 0.25) is 19.9 Å². The summed E-state index contributed by atoms with van der Waals surface area (Å²) >= 11 is 0. The summed E-state index contributed by atoms with van der Waals surface area (Å²) in [5.74, 6) is 0. The van der Waals surface area contributed by atoms with E-state index in [0.717, 1.165) is 26.2 Å². The number of likely N-dealkylation sites (N-methyl/N-ethyl adjacent to an activating group) is 1. The van der Waals surface area contributed by atoms with Crippen LogP contribution >= 0.6 is 0 Å². The fourth-order valence-corrected chi connectivity index (χ4v) is 7.25. The van der Waals surface area contributed by atoms with Crippen molar-refractivity contribution in [1.82, 2.24) is 14.1 Å². The standard InChI is InChI=1S/C24H35N3O4S2/c1-4-21-12-13-23(32(28,29)22-10-8-7-9-11-22)20-24(21)33(30,31)27-18-16-26(17-19-27)15-14-25(5-2)6-3/h7-13,20H,4-6,14-19H2,1-3H3. The highest BCUT2D eigenvalue weighted by Gasteiger charge is 2.31. The van der Waals surface area contributed by atoms with Gasteiger partial charge >= 0.3 is 0 Å². The van der Waals surface area contributed by atoms with Crippen LogP contribution in [0.15, 0.2) is 63.2 Å². The Morgan fingerprint density at radius 2 is 1.45 bits per heavy atom. The molecule has 7 nitrogen and oxygen atoms in total. The molecule has 0 radical (unpaired) electrons. The van der Waals surface area contributed by atoms with Gasteiger partial charge in [-0.3, -0.25) is 4.90 Å². The first-order valence-electron chi connectivity index (χ1n) is 11.6. The molecule has 3 rings (SSSR count). The highest BCUT2D eigenvalue weighted by atomic mass is 32.2. The summed E-state index contributed by atoms with van der Waals surface area (Å²) in [7, 11) is -7.60. The molecule has 0 bridgehead atoms. The number of sulfone groups is 1. The first kappa shape index (κ1) is 25.8. The quantitative estimate of drug-likeness (QED) is 0.507. The minimum atomic E-state index is -3.80. The second-order valence-electron chi connectivity index (χ2n) is 8.21. The molecule has 9 heteroatoms. The lowest BCUT2D eigenvalue weighted by Crippen LogP contribution is -2.50. The number of benzene rings is 2. The summed E-state index contributed by atoms with van der Waals surface area (Å²) in [6, 6.07) is 12.6. The van der Waals surface area contributed by atoms with Gasteiger partial charge in [0.05, 0.1) is 14.7 Å². The molecule has 1 heterocycles. The Labute approximate surface area is 199 Å². The Bertz CT molecular complexity index is 1120. The molecule has 1 aliphatic rings. The van der Waals surface area contributed by atoms with Crippen molar-refractivity contribution in [1.29, 1.82) is 0 Å². The molecule has 1 fully saturated rings. The number of piperazine rings is 1. The summed E-state index contributed by atoms with van der Waals surface area (Å²) in [4.78, 5) is 4.90. The Morgan fingerprint density at radius 3 is 2.03 bits per heavy atom. The summed E-state index contributed by atoms with van der Waals surface area (Å²) in [5, 5.41) is 0. The maximum Gasteiger partial charge on any atom is 0.243 e. The fourth-order valence-electron chi connectivity index (χ4n) is 4.13. The number of rotatable bonds is 10. The smallest absolute Gasteiger partial charge is 0.243 e. The maximum atomic E-state index is 13.6. The molecule has 0 aromatic heterocycles. The first-order valence-corrected chi connectivity index (χ1v) is 14.5. The van der Waals surface area contributed by atoms with Crippen LogP contribution in [0, 0.1) is 0 Å². The second-order valence-corrected chi connectivity index (χ2v) is 12.1. The third-order valence-corrected chi connectivity index (χ3v) is 10.1. The molecule has 0 N–H and O–H groups in total. The van der Waals surface area contributed by atoms with Gasteiger partial charge in [0.15, 0.2) is 0 Å². The number of hydrogen-bond acceptors (Lipinski definition) is 6. The van der Waals surface area contributed by atoms with E-state index in [4.69, 9.17) is 0 Å². The van der Waals surface area contributed by atoms with Crippen LogP contribution in [0.3, 0.4) is 0 Å². The lowest BCUT2D eigenvalue weighted by molar-refractivity contribution is 0.163. The normalized spacial score (nSPS) is 16.4. The minimum Gasteiger partial charge on any atom is -0.303 e. The minimum absolute atomic E-state index is 0.00216. The maximum absolute atomic E-state index is 13.6. The van der Waals surface area contributed by atoms with Crippen molar-refractivity contribution in [3.05, 3.63) is 54.1 Å². The van der Waals surface area contributed by atoms with Gasteiger partial charge in [0.25, 0.3) is 0 Å². The summed E-state index contributed by atoms with van der Waals surface area (Å²) in [5.41, 5.74) is 0.631. The van der Waals surface area contributed by atoms with Crippen LogP contribution in [0.1, 0.15) is 26.3 Å². The number of nitrogens with zero attached hydrogens (tertiary/aromatic N) is 3. The van der Waals surface area contributed by atoms with E-state index in [1.807, 2.05) is 6.92 Å². The van der Waals surface area contributed by atoms with Crippen molar-refractivity contribution in [2.45, 2.75) is 41.9 Å². The summed E-state index contributed by atoms with van der Waals surface area (Å²) in [6.07, 6.45) is 0.504. The molecule has 2 aromatic rings. The molecule has 1 saturated heterocycles. The molecule has 0 atom stereocenters. The van der Waals surface area contributed by atoms with E-state index in [0.29, 0.717) is 38.2 Å². The zero-order valence-electron chi connectivity index (χ0n) is 19.8. The van der Waals surface area contributed by atoms with E-state index in [2.05, 4.69) is 23.6 Å². The predicted octanol–water partition coefficient (Wildman–Crippen LogP) is 2.73. The molecule has 0 unspecified atom stereocenters. The molecular weight excluding hydrogens is 458 g/mol. The molecule has 0 aliphatic carbocycles. The van der Waals surface area contributed by atoms with E-state index < -0.39 is 19.9 Å². The van der Waals surface area contributed by atoms with E-state index in [1.165, 1.54) is 28.6 Å². The molecule has 182 valence electrons. The zero-order valence-corrected chi connectivity index (χ0v) is 21.4. The van der Waals surface area contributed by atoms with Gasteiger partial charge in [-0.15, -0.1) is 0 Å². The van der Waals surface area contributed by atoms with Crippen molar-refractivity contribution >= 4 is 19.9 Å². The van der Waals surface area contributed by atoms with E-state index in [9.17, 15) is 16.8 Å². The zero-order chi connectivity index (χ0) is 24.1. The lowest BCUT2D eigenvalue weighted by Gasteiger charge is -2.35. The molecule has 33 heavy (non-hydrogen) atoms. The first-order chi connectivity index (χ1) is 15.7. The van der Waals surface area contributed by atoms with Crippen molar-refractivity contribution in [2.75, 3.05) is 52.4 Å². The van der Waals surface area contributed by atoms with Crippen molar-refractivity contribution in [3.8, 4) is 0 Å². The van der Waals surface area contributed by atoms with Crippen LogP contribution in [-0.2, 0) is 26.3 Å². The van der Waals surface area contributed by atoms with E-state index in [1.54, 1.807) is 24.3 Å². The van der Waals surface area contributed by atoms with E-state index in [-0.39, 0.29) is 14.7 Å². The number of hydrogen-bond donors (Lipinski definition) is 0. The fraction of sp³-hybridized carbons (Fsp3) is 0.500. The molecule has 0 spiro atoms. The molecule has 0 amide bonds. The highest BCUT2D eigenvalue weighted by Crippen LogP contribution is 2.28. The second kappa shape index (κ2) is 11.1. The van der Waals surface area contributed by atoms with Gasteiger partial charge in [-0.05, 0) is 49.3 Å². The van der Waals surface area contributed by atoms with Crippen LogP contribution in [0.5, 0.6) is 0 Å². The van der Waals surface area contributed by atoms with Crippen LogP contribution < -0.4 is 0 Å². The SMILES string of the molecule is CCc1ccc(S(=O)(=O)c2ccccc2)cc1S(=O)(=O)N1CCN(CCN(CC)CC)CC1. The Kier molecular flexibility index (Phi) is 8.69. The van der Waals surface area contributed by atoms with Gasteiger partial charge in [0, 0.05) is 39.3 Å². The summed E-state index contributed by atoms with van der Waals surface area (Å²) in [6.45, 7) is 12.2. The van der Waals surface area contributed by atoms with Crippen LogP contribution in [-0.4, -0.2) is 83.3 Å². The molecule has 1 aliphatic heterocycles. The average molecular weight is 494 g/mol. The highest BCUT2D eigenvalue weighted by molar-refractivity contribution is 7.91. The predicted molar refractivity (Wildman–Crippen MR) is 131 cm³/mol. The van der Waals surface area contributed by atoms with Crippen LogP contribution in [0.4, 0.5) is 0 Å². The molecule has 0 saturated carbocycles. The van der Waals surface area contributed by atoms with Gasteiger partial charge in [-0.1, -0.05) is 45.0 Å². The third kappa shape index (κ3) is 5.84. The molecule has 2 aromatic carbocycles. The monoisotopic (exact) mass is 493 g/mol. The molecular formula is C24H35N3O4S2. The van der Waals surface area contributed by atoms with Gasteiger partial charge in [0.1, 0.15) is 0 Å². The Hall–Kier alpha value is -1.78. The van der Waals surface area contributed by atoms with Gasteiger partial charge in [-0.25, -0.2) is 16.8 Å². The van der Waals surface area contributed by atoms with Gasteiger partial charge < -0.3 is 4.90 Å². The van der Waals surface area contributed by atoms with Crippen molar-refractivity contribution in [3.63, 3.8) is 0 Å². The lowest BCUT2D eigenvalue weighted by atomic mass is 10.2. The topological polar surface area (TPSA) is 78.0 Å². The third-order valence-electron chi connectivity index (χ3n) is 6.36. The van der Waals surface area contributed by atoms with Crippen LogP contribution in [0.25, 0.3) is 0 Å².